The third kappa shape index (κ3) is 5.38. The highest BCUT2D eigenvalue weighted by Crippen LogP contribution is 2.18. The molecule has 0 saturated carbocycles. The molecule has 1 aromatic carbocycles. The molecule has 1 amide bonds. The summed E-state index contributed by atoms with van der Waals surface area (Å²) < 4.78 is 25.1. The third-order valence-electron chi connectivity index (χ3n) is 3.17. The molecule has 0 bridgehead atoms. The molecule has 1 aromatic rings. The van der Waals surface area contributed by atoms with Crippen molar-refractivity contribution in [2.75, 3.05) is 23.7 Å². The van der Waals surface area contributed by atoms with E-state index in [2.05, 4.69) is 5.32 Å². The number of anilines is 1. The first-order chi connectivity index (χ1) is 9.75. The highest BCUT2D eigenvalue weighted by molar-refractivity contribution is 7.92. The average molecular weight is 312 g/mol. The average Bonchev–Trinajstić information content (AvgIpc) is 2.42. The highest BCUT2D eigenvalue weighted by atomic mass is 32.2. The second-order valence-electron chi connectivity index (χ2n) is 5.30. The number of rotatable bonds is 7. The van der Waals surface area contributed by atoms with Crippen LogP contribution in [0.15, 0.2) is 24.3 Å². The largest absolute Gasteiger partial charge is 0.354 e. The lowest BCUT2D eigenvalue weighted by Gasteiger charge is -2.23. The van der Waals surface area contributed by atoms with Crippen molar-refractivity contribution < 1.29 is 13.2 Å². The van der Waals surface area contributed by atoms with Crippen LogP contribution in [0.2, 0.25) is 0 Å². The number of hydrogen-bond donors (Lipinski definition) is 1. The zero-order chi connectivity index (χ0) is 16.0. The van der Waals surface area contributed by atoms with E-state index in [4.69, 9.17) is 0 Å². The van der Waals surface area contributed by atoms with E-state index in [1.807, 2.05) is 19.1 Å². The standard InChI is InChI=1S/C15H24N2O3S/c1-5-13-6-8-14(9-7-13)17(21(4,19)20)11-10-16-15(18)12(2)3/h6-9,12H,5,10-11H2,1-4H3,(H,16,18). The molecule has 0 radical (unpaired) electrons. The van der Waals surface area contributed by atoms with Gasteiger partial charge in [-0.1, -0.05) is 32.9 Å². The Kier molecular flexibility index (Phi) is 6.20. The van der Waals surface area contributed by atoms with E-state index in [1.165, 1.54) is 10.6 Å². The van der Waals surface area contributed by atoms with Gasteiger partial charge in [0.05, 0.1) is 18.5 Å². The van der Waals surface area contributed by atoms with E-state index < -0.39 is 10.0 Å². The third-order valence-corrected chi connectivity index (χ3v) is 4.37. The lowest BCUT2D eigenvalue weighted by Crippen LogP contribution is -2.39. The Morgan fingerprint density at radius 1 is 1.24 bits per heavy atom. The number of amides is 1. The molecular weight excluding hydrogens is 288 g/mol. The quantitative estimate of drug-likeness (QED) is 0.834. The molecule has 21 heavy (non-hydrogen) atoms. The van der Waals surface area contributed by atoms with Crippen molar-refractivity contribution in [3.8, 4) is 0 Å². The Hall–Kier alpha value is -1.56. The maximum Gasteiger partial charge on any atom is 0.232 e. The van der Waals surface area contributed by atoms with Crippen LogP contribution >= 0.6 is 0 Å². The van der Waals surface area contributed by atoms with Crippen LogP contribution in [0, 0.1) is 5.92 Å². The van der Waals surface area contributed by atoms with E-state index >= 15 is 0 Å². The fraction of sp³-hybridized carbons (Fsp3) is 0.533. The summed E-state index contributed by atoms with van der Waals surface area (Å²) in [6, 6.07) is 7.43. The van der Waals surface area contributed by atoms with Gasteiger partial charge in [-0.3, -0.25) is 9.10 Å². The van der Waals surface area contributed by atoms with Gasteiger partial charge in [0, 0.05) is 12.5 Å². The van der Waals surface area contributed by atoms with E-state index in [0.717, 1.165) is 12.0 Å². The smallest absolute Gasteiger partial charge is 0.232 e. The van der Waals surface area contributed by atoms with Gasteiger partial charge in [0.2, 0.25) is 15.9 Å². The van der Waals surface area contributed by atoms with Gasteiger partial charge >= 0.3 is 0 Å². The lowest BCUT2D eigenvalue weighted by atomic mass is 10.1. The van der Waals surface area contributed by atoms with E-state index in [1.54, 1.807) is 26.0 Å². The van der Waals surface area contributed by atoms with Crippen LogP contribution < -0.4 is 9.62 Å². The van der Waals surface area contributed by atoms with E-state index in [0.29, 0.717) is 12.2 Å². The molecule has 6 heteroatoms. The summed E-state index contributed by atoms with van der Waals surface area (Å²) in [6.45, 7) is 6.16. The molecule has 0 atom stereocenters. The molecule has 0 aliphatic heterocycles. The maximum atomic E-state index is 11.9. The molecule has 5 nitrogen and oxygen atoms in total. The highest BCUT2D eigenvalue weighted by Gasteiger charge is 2.17. The van der Waals surface area contributed by atoms with Crippen LogP contribution in [-0.2, 0) is 21.2 Å². The first-order valence-corrected chi connectivity index (χ1v) is 8.95. The molecule has 1 N–H and O–H groups in total. The number of sulfonamides is 1. The predicted molar refractivity (Wildman–Crippen MR) is 85.9 cm³/mol. The molecule has 0 saturated heterocycles. The molecule has 1 rings (SSSR count). The molecule has 0 aliphatic carbocycles. The summed E-state index contributed by atoms with van der Waals surface area (Å²) in [5.74, 6) is -0.190. The number of hydrogen-bond acceptors (Lipinski definition) is 3. The van der Waals surface area contributed by atoms with Gasteiger partial charge in [-0.05, 0) is 24.1 Å². The summed E-state index contributed by atoms with van der Waals surface area (Å²) in [4.78, 5) is 11.5. The minimum Gasteiger partial charge on any atom is -0.354 e. The number of nitrogens with one attached hydrogen (secondary N) is 1. The normalized spacial score (nSPS) is 11.5. The summed E-state index contributed by atoms with van der Waals surface area (Å²) in [5.41, 5.74) is 1.77. The fourth-order valence-corrected chi connectivity index (χ4v) is 2.80. The Labute approximate surface area is 127 Å². The molecule has 0 heterocycles. The Balaban J connectivity index is 2.79. The van der Waals surface area contributed by atoms with E-state index in [-0.39, 0.29) is 18.4 Å². The van der Waals surface area contributed by atoms with Gasteiger partial charge in [-0.15, -0.1) is 0 Å². The van der Waals surface area contributed by atoms with Crippen LogP contribution in [0.5, 0.6) is 0 Å². The van der Waals surface area contributed by atoms with Crippen molar-refractivity contribution in [1.82, 2.24) is 5.32 Å². The predicted octanol–water partition coefficient (Wildman–Crippen LogP) is 1.79. The monoisotopic (exact) mass is 312 g/mol. The number of carbonyl (C=O) groups is 1. The zero-order valence-electron chi connectivity index (χ0n) is 13.1. The number of carbonyl (C=O) groups excluding carboxylic acids is 1. The number of benzene rings is 1. The van der Waals surface area contributed by atoms with E-state index in [9.17, 15) is 13.2 Å². The molecule has 0 unspecified atom stereocenters. The Morgan fingerprint density at radius 2 is 1.81 bits per heavy atom. The van der Waals surface area contributed by atoms with Crippen molar-refractivity contribution in [2.45, 2.75) is 27.2 Å². The summed E-state index contributed by atoms with van der Waals surface area (Å²) in [7, 11) is -3.37. The maximum absolute atomic E-state index is 11.9. The fourth-order valence-electron chi connectivity index (χ4n) is 1.87. The summed E-state index contributed by atoms with van der Waals surface area (Å²) in [5, 5.41) is 2.73. The van der Waals surface area contributed by atoms with Crippen LogP contribution in [0.1, 0.15) is 26.3 Å². The van der Waals surface area contributed by atoms with Crippen LogP contribution in [0.4, 0.5) is 5.69 Å². The van der Waals surface area contributed by atoms with Crippen molar-refractivity contribution in [3.63, 3.8) is 0 Å². The molecule has 0 aliphatic rings. The van der Waals surface area contributed by atoms with Gasteiger partial charge < -0.3 is 5.32 Å². The molecule has 0 fully saturated rings. The second-order valence-corrected chi connectivity index (χ2v) is 7.21. The molecule has 0 spiro atoms. The minimum atomic E-state index is -3.37. The zero-order valence-corrected chi connectivity index (χ0v) is 13.9. The van der Waals surface area contributed by atoms with Gasteiger partial charge in [0.25, 0.3) is 0 Å². The SMILES string of the molecule is CCc1ccc(N(CCNC(=O)C(C)C)S(C)(=O)=O)cc1. The van der Waals surface area contributed by atoms with Crippen molar-refractivity contribution in [2.24, 2.45) is 5.92 Å². The van der Waals surface area contributed by atoms with Crippen molar-refractivity contribution in [3.05, 3.63) is 29.8 Å². The Morgan fingerprint density at radius 3 is 2.24 bits per heavy atom. The number of nitrogens with zero attached hydrogens (tertiary/aromatic N) is 1. The van der Waals surface area contributed by atoms with Gasteiger partial charge in [-0.25, -0.2) is 8.42 Å². The van der Waals surface area contributed by atoms with Crippen molar-refractivity contribution in [1.29, 1.82) is 0 Å². The van der Waals surface area contributed by atoms with Crippen LogP contribution in [-0.4, -0.2) is 33.7 Å². The first-order valence-electron chi connectivity index (χ1n) is 7.10. The van der Waals surface area contributed by atoms with Gasteiger partial charge in [0.1, 0.15) is 0 Å². The first kappa shape index (κ1) is 17.5. The number of aryl methyl sites for hydroxylation is 1. The second kappa shape index (κ2) is 7.45. The summed E-state index contributed by atoms with van der Waals surface area (Å²) in [6.07, 6.45) is 2.08. The van der Waals surface area contributed by atoms with Crippen molar-refractivity contribution >= 4 is 21.6 Å². The lowest BCUT2D eigenvalue weighted by molar-refractivity contribution is -0.123. The van der Waals surface area contributed by atoms with Gasteiger partial charge in [-0.2, -0.15) is 0 Å². The minimum absolute atomic E-state index is 0.0789. The van der Waals surface area contributed by atoms with Crippen LogP contribution in [0.25, 0.3) is 0 Å². The topological polar surface area (TPSA) is 66.5 Å². The molecular formula is C15H24N2O3S. The Bertz CT molecular complexity index is 565. The van der Waals surface area contributed by atoms with Gasteiger partial charge in [0.15, 0.2) is 0 Å². The van der Waals surface area contributed by atoms with Crippen LogP contribution in [0.3, 0.4) is 0 Å². The molecule has 0 aromatic heterocycles. The summed E-state index contributed by atoms with van der Waals surface area (Å²) >= 11 is 0. The molecule has 118 valence electrons.